The van der Waals surface area contributed by atoms with Gasteiger partial charge in [0.05, 0.1) is 11.7 Å². The van der Waals surface area contributed by atoms with Gasteiger partial charge in [-0.2, -0.15) is 5.10 Å². The number of benzene rings is 2. The molecule has 22 heavy (non-hydrogen) atoms. The number of fused-ring (bicyclic) bond motifs is 1. The zero-order valence-corrected chi connectivity index (χ0v) is 14.1. The van der Waals surface area contributed by atoms with Gasteiger partial charge in [-0.15, -0.1) is 0 Å². The van der Waals surface area contributed by atoms with E-state index in [0.717, 1.165) is 32.3 Å². The van der Waals surface area contributed by atoms with Crippen molar-refractivity contribution in [2.75, 3.05) is 5.43 Å². The molecule has 1 N–H and O–H groups in total. The summed E-state index contributed by atoms with van der Waals surface area (Å²) < 4.78 is 1.06. The molecule has 0 bridgehead atoms. The van der Waals surface area contributed by atoms with Crippen molar-refractivity contribution in [3.8, 4) is 0 Å². The molecule has 0 aliphatic rings. The molecule has 0 saturated carbocycles. The number of nitrogens with zero attached hydrogens (tertiary/aromatic N) is 2. The Labute approximate surface area is 138 Å². The molecule has 0 fully saturated rings. The van der Waals surface area contributed by atoms with Crippen molar-refractivity contribution in [2.24, 2.45) is 5.10 Å². The SMILES string of the molecule is Cc1ccc2cc(C)c(NN=Cc3ccc(Br)cc3)nc2c1. The Morgan fingerprint density at radius 3 is 2.59 bits per heavy atom. The molecule has 3 aromatic rings. The quantitative estimate of drug-likeness (QED) is 0.527. The van der Waals surface area contributed by atoms with Crippen LogP contribution in [-0.2, 0) is 0 Å². The molecular formula is C18H16BrN3. The van der Waals surface area contributed by atoms with Gasteiger partial charge in [0.2, 0.25) is 0 Å². The van der Waals surface area contributed by atoms with Crippen molar-refractivity contribution in [2.45, 2.75) is 13.8 Å². The number of pyridine rings is 1. The third-order valence-corrected chi connectivity index (χ3v) is 3.95. The fourth-order valence-corrected chi connectivity index (χ4v) is 2.48. The fraction of sp³-hybridized carbons (Fsp3) is 0.111. The van der Waals surface area contributed by atoms with E-state index >= 15 is 0 Å². The summed E-state index contributed by atoms with van der Waals surface area (Å²) in [5, 5.41) is 5.42. The first-order chi connectivity index (χ1) is 10.6. The van der Waals surface area contributed by atoms with E-state index in [0.29, 0.717) is 0 Å². The number of anilines is 1. The van der Waals surface area contributed by atoms with Gasteiger partial charge in [0.15, 0.2) is 0 Å². The topological polar surface area (TPSA) is 37.3 Å². The number of hydrogen-bond donors (Lipinski definition) is 1. The predicted molar refractivity (Wildman–Crippen MR) is 96.6 cm³/mol. The largest absolute Gasteiger partial charge is 0.261 e. The van der Waals surface area contributed by atoms with Gasteiger partial charge < -0.3 is 0 Å². The number of nitrogens with one attached hydrogen (secondary N) is 1. The standard InChI is InChI=1S/C18H16BrN3/c1-12-3-6-15-10-13(2)18(21-17(15)9-12)22-20-11-14-4-7-16(19)8-5-14/h3-11H,1-2H3,(H,21,22). The summed E-state index contributed by atoms with van der Waals surface area (Å²) in [7, 11) is 0. The normalized spacial score (nSPS) is 11.2. The molecule has 3 nitrogen and oxygen atoms in total. The van der Waals surface area contributed by atoms with E-state index < -0.39 is 0 Å². The first-order valence-electron chi connectivity index (χ1n) is 7.04. The van der Waals surface area contributed by atoms with Crippen LogP contribution in [0.15, 0.2) is 58.1 Å². The average Bonchev–Trinajstić information content (AvgIpc) is 2.50. The lowest BCUT2D eigenvalue weighted by atomic mass is 10.1. The monoisotopic (exact) mass is 353 g/mol. The highest BCUT2D eigenvalue weighted by molar-refractivity contribution is 9.10. The van der Waals surface area contributed by atoms with Crippen LogP contribution in [0.1, 0.15) is 16.7 Å². The van der Waals surface area contributed by atoms with Gasteiger partial charge in [0.25, 0.3) is 0 Å². The summed E-state index contributed by atoms with van der Waals surface area (Å²) in [5.41, 5.74) is 7.32. The molecule has 4 heteroatoms. The minimum Gasteiger partial charge on any atom is -0.261 e. The van der Waals surface area contributed by atoms with E-state index in [4.69, 9.17) is 0 Å². The molecule has 0 aliphatic heterocycles. The molecule has 0 amide bonds. The number of hydrazone groups is 1. The summed E-state index contributed by atoms with van der Waals surface area (Å²) >= 11 is 3.42. The first-order valence-corrected chi connectivity index (χ1v) is 7.84. The summed E-state index contributed by atoms with van der Waals surface area (Å²) in [6.07, 6.45) is 1.79. The highest BCUT2D eigenvalue weighted by Gasteiger charge is 2.02. The molecule has 1 aromatic heterocycles. The second-order valence-corrected chi connectivity index (χ2v) is 6.19. The Kier molecular flexibility index (Phi) is 4.20. The zero-order valence-electron chi connectivity index (χ0n) is 12.5. The summed E-state index contributed by atoms with van der Waals surface area (Å²) in [6.45, 7) is 4.10. The van der Waals surface area contributed by atoms with E-state index in [-0.39, 0.29) is 0 Å². The zero-order chi connectivity index (χ0) is 15.5. The molecule has 0 saturated heterocycles. The summed E-state index contributed by atoms with van der Waals surface area (Å²) in [5.74, 6) is 0.784. The molecule has 0 atom stereocenters. The molecule has 110 valence electrons. The number of hydrogen-bond acceptors (Lipinski definition) is 3. The number of rotatable bonds is 3. The van der Waals surface area contributed by atoms with E-state index in [2.05, 4.69) is 62.6 Å². The maximum Gasteiger partial charge on any atom is 0.149 e. The Hall–Kier alpha value is -2.20. The Morgan fingerprint density at radius 1 is 1.05 bits per heavy atom. The molecule has 0 unspecified atom stereocenters. The molecule has 0 spiro atoms. The van der Waals surface area contributed by atoms with Crippen LogP contribution in [0.2, 0.25) is 0 Å². The third kappa shape index (κ3) is 3.34. The lowest BCUT2D eigenvalue weighted by molar-refractivity contribution is 1.22. The second kappa shape index (κ2) is 6.28. The third-order valence-electron chi connectivity index (χ3n) is 3.42. The lowest BCUT2D eigenvalue weighted by Crippen LogP contribution is -1.97. The van der Waals surface area contributed by atoms with Crippen LogP contribution < -0.4 is 5.43 Å². The Morgan fingerprint density at radius 2 is 1.82 bits per heavy atom. The highest BCUT2D eigenvalue weighted by atomic mass is 79.9. The van der Waals surface area contributed by atoms with Gasteiger partial charge in [-0.1, -0.05) is 40.2 Å². The van der Waals surface area contributed by atoms with Gasteiger partial charge in [-0.05, 0) is 54.8 Å². The van der Waals surface area contributed by atoms with Crippen LogP contribution in [0, 0.1) is 13.8 Å². The van der Waals surface area contributed by atoms with Crippen LogP contribution in [-0.4, -0.2) is 11.2 Å². The van der Waals surface area contributed by atoms with Crippen molar-refractivity contribution < 1.29 is 0 Å². The van der Waals surface area contributed by atoms with Crippen molar-refractivity contribution in [1.82, 2.24) is 4.98 Å². The van der Waals surface area contributed by atoms with E-state index in [9.17, 15) is 0 Å². The molecule has 1 heterocycles. The van der Waals surface area contributed by atoms with Crippen LogP contribution in [0.5, 0.6) is 0 Å². The van der Waals surface area contributed by atoms with E-state index in [1.54, 1.807) is 6.21 Å². The van der Waals surface area contributed by atoms with Gasteiger partial charge in [-0.25, -0.2) is 4.98 Å². The summed E-state index contributed by atoms with van der Waals surface area (Å²) in [6, 6.07) is 16.4. The maximum atomic E-state index is 4.65. The summed E-state index contributed by atoms with van der Waals surface area (Å²) in [4.78, 5) is 4.65. The first kappa shape index (κ1) is 14.7. The van der Waals surface area contributed by atoms with Crippen LogP contribution in [0.25, 0.3) is 10.9 Å². The number of aromatic nitrogens is 1. The van der Waals surface area contributed by atoms with E-state index in [1.807, 2.05) is 31.2 Å². The molecule has 2 aromatic carbocycles. The fourth-order valence-electron chi connectivity index (χ4n) is 2.21. The average molecular weight is 354 g/mol. The van der Waals surface area contributed by atoms with Gasteiger partial charge >= 0.3 is 0 Å². The van der Waals surface area contributed by atoms with Crippen molar-refractivity contribution in [1.29, 1.82) is 0 Å². The van der Waals surface area contributed by atoms with Crippen LogP contribution in [0.3, 0.4) is 0 Å². The predicted octanol–water partition coefficient (Wildman–Crippen LogP) is 5.06. The second-order valence-electron chi connectivity index (χ2n) is 5.27. The van der Waals surface area contributed by atoms with Crippen molar-refractivity contribution in [3.63, 3.8) is 0 Å². The van der Waals surface area contributed by atoms with E-state index in [1.165, 1.54) is 5.56 Å². The van der Waals surface area contributed by atoms with Gasteiger partial charge in [0, 0.05) is 9.86 Å². The van der Waals surface area contributed by atoms with Crippen LogP contribution >= 0.6 is 15.9 Å². The maximum absolute atomic E-state index is 4.65. The molecule has 0 radical (unpaired) electrons. The van der Waals surface area contributed by atoms with Gasteiger partial charge in [-0.3, -0.25) is 5.43 Å². The molecular weight excluding hydrogens is 338 g/mol. The smallest absolute Gasteiger partial charge is 0.149 e. The minimum atomic E-state index is 0.784. The minimum absolute atomic E-state index is 0.784. The highest BCUT2D eigenvalue weighted by Crippen LogP contribution is 2.20. The molecule has 3 rings (SSSR count). The number of aryl methyl sites for hydroxylation is 2. The van der Waals surface area contributed by atoms with Crippen LogP contribution in [0.4, 0.5) is 5.82 Å². The van der Waals surface area contributed by atoms with Gasteiger partial charge in [0.1, 0.15) is 5.82 Å². The Balaban J connectivity index is 1.83. The Bertz CT molecular complexity index is 839. The van der Waals surface area contributed by atoms with Crippen molar-refractivity contribution >= 4 is 38.9 Å². The molecule has 0 aliphatic carbocycles. The lowest BCUT2D eigenvalue weighted by Gasteiger charge is -2.07. The van der Waals surface area contributed by atoms with Crippen molar-refractivity contribution in [3.05, 3.63) is 69.7 Å². The number of halogens is 1.